The molecule has 224 valence electrons. The van der Waals surface area contributed by atoms with Gasteiger partial charge in [-0.2, -0.15) is 4.31 Å². The lowest BCUT2D eigenvalue weighted by Gasteiger charge is -2.38. The van der Waals surface area contributed by atoms with E-state index < -0.39 is 28.2 Å². The van der Waals surface area contributed by atoms with Crippen LogP contribution < -0.4 is 20.1 Å². The summed E-state index contributed by atoms with van der Waals surface area (Å²) in [5, 5.41) is 15.4. The normalized spacial score (nSPS) is 17.9. The highest BCUT2D eigenvalue weighted by Crippen LogP contribution is 2.31. The number of rotatable bonds is 9. The fourth-order valence-electron chi connectivity index (χ4n) is 4.61. The number of nitrogens with zero attached hydrogens (tertiary/aromatic N) is 2. The van der Waals surface area contributed by atoms with Crippen LogP contribution in [-0.2, 0) is 10.0 Å². The molecule has 3 aromatic rings. The van der Waals surface area contributed by atoms with Crippen LogP contribution in [0, 0.1) is 5.92 Å². The van der Waals surface area contributed by atoms with Crippen LogP contribution in [0.2, 0.25) is 0 Å². The van der Waals surface area contributed by atoms with Gasteiger partial charge in [0.15, 0.2) is 0 Å². The summed E-state index contributed by atoms with van der Waals surface area (Å²) in [6, 6.07) is 18.8. The van der Waals surface area contributed by atoms with Gasteiger partial charge in [-0.3, -0.25) is 4.79 Å². The van der Waals surface area contributed by atoms with E-state index in [2.05, 4.69) is 10.6 Å². The van der Waals surface area contributed by atoms with Crippen LogP contribution in [0.5, 0.6) is 11.5 Å². The number of carbonyl (C=O) groups excluding carboxylic acids is 2. The van der Waals surface area contributed by atoms with Crippen LogP contribution in [0.1, 0.15) is 24.2 Å². The van der Waals surface area contributed by atoms with Gasteiger partial charge in [0.1, 0.15) is 17.6 Å². The summed E-state index contributed by atoms with van der Waals surface area (Å²) in [7, 11) is -0.870. The lowest BCUT2D eigenvalue weighted by Crippen LogP contribution is -2.50. The smallest absolute Gasteiger partial charge is 0.323 e. The molecular formula is C30H36N4O7S. The SMILES string of the molecule is COc1ccc(S(=O)(=O)N(C)C[C@H]2Oc3ccc(NC(=O)Nc4ccccc4)cc3C(=O)N([C@H](C)CO)C[C@@H]2C)cc1. The molecule has 0 saturated heterocycles. The van der Waals surface area contributed by atoms with Gasteiger partial charge in [-0.15, -0.1) is 0 Å². The molecule has 0 saturated carbocycles. The summed E-state index contributed by atoms with van der Waals surface area (Å²) in [5.74, 6) is 0.123. The predicted octanol–water partition coefficient (Wildman–Crippen LogP) is 3.88. The highest BCUT2D eigenvalue weighted by atomic mass is 32.2. The van der Waals surface area contributed by atoms with Crippen molar-refractivity contribution in [3.8, 4) is 11.5 Å². The average molecular weight is 597 g/mol. The minimum atomic E-state index is -3.85. The van der Waals surface area contributed by atoms with Gasteiger partial charge < -0.3 is 30.1 Å². The number of carbonyl (C=O) groups is 2. The van der Waals surface area contributed by atoms with Crippen molar-refractivity contribution >= 4 is 33.3 Å². The first kappa shape index (κ1) is 30.8. The second kappa shape index (κ2) is 13.2. The molecule has 4 rings (SSSR count). The Labute approximate surface area is 246 Å². The molecule has 0 bridgehead atoms. The summed E-state index contributed by atoms with van der Waals surface area (Å²) >= 11 is 0. The molecule has 0 radical (unpaired) electrons. The fraction of sp³-hybridized carbons (Fsp3) is 0.333. The topological polar surface area (TPSA) is 138 Å². The molecule has 1 aliphatic heterocycles. The summed E-state index contributed by atoms with van der Waals surface area (Å²) in [6.07, 6.45) is -0.636. The van der Waals surface area contributed by atoms with Crippen molar-refractivity contribution in [2.75, 3.05) is 44.5 Å². The van der Waals surface area contributed by atoms with Crippen molar-refractivity contribution in [3.05, 3.63) is 78.4 Å². The molecule has 42 heavy (non-hydrogen) atoms. The summed E-state index contributed by atoms with van der Waals surface area (Å²) < 4.78 is 39.4. The standard InChI is InChI=1S/C30H36N4O7S/c1-20-17-34(21(2)19-35)29(36)26-16-23(32-30(37)31-22-8-6-5-7-9-22)10-15-27(26)41-28(20)18-33(3)42(38,39)25-13-11-24(40-4)12-14-25/h5-16,20-21,28,35H,17-19H2,1-4H3,(H2,31,32,37)/t20-,21+,28+/m0/s1. The van der Waals surface area contributed by atoms with E-state index in [4.69, 9.17) is 9.47 Å². The Morgan fingerprint density at radius 2 is 1.76 bits per heavy atom. The van der Waals surface area contributed by atoms with E-state index in [1.54, 1.807) is 60.4 Å². The number of likely N-dealkylation sites (N-methyl/N-ethyl adjacent to an activating group) is 1. The van der Waals surface area contributed by atoms with Crippen molar-refractivity contribution in [2.45, 2.75) is 30.9 Å². The molecule has 3 aromatic carbocycles. The number of para-hydroxylation sites is 1. The minimum absolute atomic E-state index is 0.00396. The van der Waals surface area contributed by atoms with E-state index in [0.717, 1.165) is 0 Å². The van der Waals surface area contributed by atoms with Gasteiger partial charge >= 0.3 is 6.03 Å². The zero-order chi connectivity index (χ0) is 30.4. The first-order chi connectivity index (χ1) is 20.0. The van der Waals surface area contributed by atoms with Crippen LogP contribution in [0.3, 0.4) is 0 Å². The maximum atomic E-state index is 13.7. The van der Waals surface area contributed by atoms with Crippen molar-refractivity contribution in [3.63, 3.8) is 0 Å². The molecule has 0 aromatic heterocycles. The third-order valence-corrected chi connectivity index (χ3v) is 9.00. The largest absolute Gasteiger partial charge is 0.497 e. The Balaban J connectivity index is 1.61. The number of aliphatic hydroxyl groups is 1. The molecular weight excluding hydrogens is 560 g/mol. The Hall–Kier alpha value is -4.13. The van der Waals surface area contributed by atoms with Crippen molar-refractivity contribution < 1.29 is 32.6 Å². The van der Waals surface area contributed by atoms with Gasteiger partial charge in [-0.05, 0) is 61.5 Å². The maximum absolute atomic E-state index is 13.7. The number of anilines is 2. The molecule has 0 aliphatic carbocycles. The molecule has 0 spiro atoms. The number of methoxy groups -OCH3 is 1. The van der Waals surface area contributed by atoms with Gasteiger partial charge in [0.05, 0.1) is 36.8 Å². The first-order valence-electron chi connectivity index (χ1n) is 13.5. The number of nitrogens with one attached hydrogen (secondary N) is 2. The number of amides is 3. The quantitative estimate of drug-likeness (QED) is 0.341. The van der Waals surface area contributed by atoms with E-state index >= 15 is 0 Å². The lowest BCUT2D eigenvalue weighted by atomic mass is 9.99. The number of aliphatic hydroxyl groups excluding tert-OH is 1. The van der Waals surface area contributed by atoms with E-state index in [9.17, 15) is 23.1 Å². The minimum Gasteiger partial charge on any atom is -0.497 e. The average Bonchev–Trinajstić information content (AvgIpc) is 2.99. The third-order valence-electron chi connectivity index (χ3n) is 7.16. The zero-order valence-electron chi connectivity index (χ0n) is 24.0. The summed E-state index contributed by atoms with van der Waals surface area (Å²) in [5.41, 5.74) is 1.15. The second-order valence-electron chi connectivity index (χ2n) is 10.2. The van der Waals surface area contributed by atoms with Gasteiger partial charge in [0.25, 0.3) is 5.91 Å². The number of sulfonamides is 1. The molecule has 3 N–H and O–H groups in total. The van der Waals surface area contributed by atoms with Crippen LogP contribution in [0.4, 0.5) is 16.2 Å². The first-order valence-corrected chi connectivity index (χ1v) is 14.9. The number of urea groups is 1. The van der Waals surface area contributed by atoms with Gasteiger partial charge in [-0.1, -0.05) is 25.1 Å². The van der Waals surface area contributed by atoms with E-state index in [0.29, 0.717) is 17.1 Å². The van der Waals surface area contributed by atoms with E-state index in [-0.39, 0.29) is 47.7 Å². The molecule has 11 nitrogen and oxygen atoms in total. The number of hydrogen-bond donors (Lipinski definition) is 3. The van der Waals surface area contributed by atoms with E-state index in [1.165, 1.54) is 36.7 Å². The molecule has 12 heteroatoms. The van der Waals surface area contributed by atoms with Crippen LogP contribution in [0.25, 0.3) is 0 Å². The third kappa shape index (κ3) is 7.01. The Morgan fingerprint density at radius 3 is 2.40 bits per heavy atom. The number of benzene rings is 3. The summed E-state index contributed by atoms with van der Waals surface area (Å²) in [6.45, 7) is 3.56. The summed E-state index contributed by atoms with van der Waals surface area (Å²) in [4.78, 5) is 27.9. The zero-order valence-corrected chi connectivity index (χ0v) is 24.8. The number of fused-ring (bicyclic) bond motifs is 1. The highest BCUT2D eigenvalue weighted by Gasteiger charge is 2.35. The van der Waals surface area contributed by atoms with Gasteiger partial charge in [-0.25, -0.2) is 13.2 Å². The monoisotopic (exact) mass is 596 g/mol. The Morgan fingerprint density at radius 1 is 1.10 bits per heavy atom. The van der Waals surface area contributed by atoms with Crippen LogP contribution in [0.15, 0.2) is 77.7 Å². The molecule has 1 aliphatic rings. The van der Waals surface area contributed by atoms with Crippen molar-refractivity contribution in [1.82, 2.24) is 9.21 Å². The molecule has 0 unspecified atom stereocenters. The number of hydrogen-bond acceptors (Lipinski definition) is 7. The van der Waals surface area contributed by atoms with Crippen LogP contribution >= 0.6 is 0 Å². The van der Waals surface area contributed by atoms with Gasteiger partial charge in [0, 0.05) is 30.9 Å². The molecule has 3 atom stereocenters. The Kier molecular flexibility index (Phi) is 9.71. The van der Waals surface area contributed by atoms with E-state index in [1.807, 2.05) is 13.0 Å². The highest BCUT2D eigenvalue weighted by molar-refractivity contribution is 7.89. The molecule has 1 heterocycles. The maximum Gasteiger partial charge on any atom is 0.323 e. The van der Waals surface area contributed by atoms with Crippen molar-refractivity contribution in [1.29, 1.82) is 0 Å². The van der Waals surface area contributed by atoms with Crippen LogP contribution in [-0.4, -0.2) is 80.7 Å². The molecule has 3 amide bonds. The fourth-order valence-corrected chi connectivity index (χ4v) is 5.80. The lowest BCUT2D eigenvalue weighted by molar-refractivity contribution is 0.0387. The predicted molar refractivity (Wildman–Crippen MR) is 159 cm³/mol. The second-order valence-corrected chi connectivity index (χ2v) is 12.3. The number of ether oxygens (including phenoxy) is 2. The van der Waals surface area contributed by atoms with Gasteiger partial charge in [0.2, 0.25) is 10.0 Å². The Bertz CT molecular complexity index is 1500. The molecule has 0 fully saturated rings. The van der Waals surface area contributed by atoms with Crippen molar-refractivity contribution in [2.24, 2.45) is 5.92 Å².